The van der Waals surface area contributed by atoms with Gasteiger partial charge >= 0.3 is 5.97 Å². The zero-order valence-corrected chi connectivity index (χ0v) is 16.2. The Balaban J connectivity index is 1.57. The number of fused-ring (bicyclic) bond motifs is 4. The Morgan fingerprint density at radius 3 is 2.76 bits per heavy atom. The summed E-state index contributed by atoms with van der Waals surface area (Å²) in [5, 5.41) is 3.33. The minimum absolute atomic E-state index is 0.329. The smallest absolute Gasteiger partial charge is 0.339 e. The molecule has 2 aromatic carbocycles. The van der Waals surface area contributed by atoms with Crippen LogP contribution in [0.5, 0.6) is 0 Å². The lowest BCUT2D eigenvalue weighted by Crippen LogP contribution is -2.01. The first-order valence-corrected chi connectivity index (χ1v) is 9.40. The molecule has 0 spiro atoms. The molecule has 6 nitrogen and oxygen atoms in total. The summed E-state index contributed by atoms with van der Waals surface area (Å²) in [6, 6.07) is 16.2. The Hall–Kier alpha value is -3.51. The number of aromatic nitrogens is 4. The number of nitrogens with one attached hydrogen (secondary N) is 1. The third kappa shape index (κ3) is 3.07. The molecule has 7 heteroatoms. The van der Waals surface area contributed by atoms with Gasteiger partial charge in [0.2, 0.25) is 0 Å². The third-order valence-corrected chi connectivity index (χ3v) is 5.16. The number of carbonyl (C=O) groups excluding carboxylic acids is 1. The molecule has 3 aromatic heterocycles. The largest absolute Gasteiger partial charge is 0.465 e. The average Bonchev–Trinajstić information content (AvgIpc) is 3.11. The standard InChI is InChI=1S/C22H15ClN4O2/c1-29-22(28)15-10-16-19(24-11-15)18-20(23)26-17(27-21(18)25-16)9-12-6-7-13-4-2-3-5-14(13)8-12/h2-8,10-11H,9H2,1H3,(H,25,26,27). The van der Waals surface area contributed by atoms with E-state index in [9.17, 15) is 4.79 Å². The van der Waals surface area contributed by atoms with Crippen LogP contribution in [0.4, 0.5) is 0 Å². The van der Waals surface area contributed by atoms with Crippen LogP contribution in [0, 0.1) is 0 Å². The van der Waals surface area contributed by atoms with E-state index in [0.29, 0.717) is 45.0 Å². The van der Waals surface area contributed by atoms with Gasteiger partial charge in [-0.05, 0) is 22.4 Å². The topological polar surface area (TPSA) is 80.8 Å². The number of H-pyrrole nitrogens is 1. The van der Waals surface area contributed by atoms with E-state index in [1.165, 1.54) is 24.1 Å². The number of benzene rings is 2. The number of ether oxygens (including phenoxy) is 1. The second kappa shape index (κ2) is 6.83. The highest BCUT2D eigenvalue weighted by Crippen LogP contribution is 2.29. The molecule has 0 fully saturated rings. The van der Waals surface area contributed by atoms with Gasteiger partial charge in [0.1, 0.15) is 22.1 Å². The van der Waals surface area contributed by atoms with Crippen LogP contribution in [0.3, 0.4) is 0 Å². The molecule has 0 aliphatic rings. The first-order chi connectivity index (χ1) is 14.1. The first-order valence-electron chi connectivity index (χ1n) is 9.02. The van der Waals surface area contributed by atoms with Crippen molar-refractivity contribution in [2.45, 2.75) is 6.42 Å². The summed E-state index contributed by atoms with van der Waals surface area (Å²) in [6.45, 7) is 0. The summed E-state index contributed by atoms with van der Waals surface area (Å²) in [5.74, 6) is 0.157. The highest BCUT2D eigenvalue weighted by atomic mass is 35.5. The molecule has 0 unspecified atom stereocenters. The molecule has 0 aliphatic heterocycles. The Morgan fingerprint density at radius 1 is 1.10 bits per heavy atom. The summed E-state index contributed by atoms with van der Waals surface area (Å²) in [4.78, 5) is 28.4. The number of nitrogens with zero attached hydrogens (tertiary/aromatic N) is 3. The van der Waals surface area contributed by atoms with Crippen LogP contribution in [0.2, 0.25) is 5.15 Å². The van der Waals surface area contributed by atoms with Crippen LogP contribution >= 0.6 is 11.6 Å². The molecule has 3 heterocycles. The van der Waals surface area contributed by atoms with E-state index in [4.69, 9.17) is 16.3 Å². The van der Waals surface area contributed by atoms with Gasteiger partial charge in [0, 0.05) is 12.6 Å². The Bertz CT molecular complexity index is 1410. The maximum atomic E-state index is 11.8. The monoisotopic (exact) mass is 402 g/mol. The molecule has 0 radical (unpaired) electrons. The van der Waals surface area contributed by atoms with E-state index in [2.05, 4.69) is 50.3 Å². The molecular weight excluding hydrogens is 388 g/mol. The highest BCUT2D eigenvalue weighted by molar-refractivity contribution is 6.36. The van der Waals surface area contributed by atoms with Gasteiger partial charge in [-0.2, -0.15) is 0 Å². The summed E-state index contributed by atoms with van der Waals surface area (Å²) in [7, 11) is 1.33. The van der Waals surface area contributed by atoms with Gasteiger partial charge < -0.3 is 9.72 Å². The molecule has 0 aliphatic carbocycles. The quantitative estimate of drug-likeness (QED) is 0.350. The van der Waals surface area contributed by atoms with E-state index in [1.54, 1.807) is 6.07 Å². The van der Waals surface area contributed by atoms with Gasteiger partial charge in [0.15, 0.2) is 0 Å². The predicted molar refractivity (Wildman–Crippen MR) is 112 cm³/mol. The van der Waals surface area contributed by atoms with Crippen LogP contribution in [0.1, 0.15) is 21.7 Å². The number of pyridine rings is 1. The molecule has 0 amide bonds. The van der Waals surface area contributed by atoms with Crippen molar-refractivity contribution in [1.82, 2.24) is 19.9 Å². The summed E-state index contributed by atoms with van der Waals surface area (Å²) in [6.07, 6.45) is 2.01. The fraction of sp³-hybridized carbons (Fsp3) is 0.0909. The zero-order chi connectivity index (χ0) is 20.0. The van der Waals surface area contributed by atoms with E-state index in [-0.39, 0.29) is 0 Å². The Morgan fingerprint density at radius 2 is 1.93 bits per heavy atom. The van der Waals surface area contributed by atoms with Crippen molar-refractivity contribution in [2.75, 3.05) is 7.11 Å². The summed E-state index contributed by atoms with van der Waals surface area (Å²) in [5.41, 5.74) is 3.32. The SMILES string of the molecule is COC(=O)c1cnc2c(c1)[nH]c1nc(Cc3ccc4ccccc4c3)nc(Cl)c12. The number of hydrogen-bond donors (Lipinski definition) is 1. The molecular formula is C22H15ClN4O2. The molecule has 0 atom stereocenters. The van der Waals surface area contributed by atoms with Gasteiger partial charge in [-0.1, -0.05) is 54.1 Å². The van der Waals surface area contributed by atoms with Gasteiger partial charge in [0.25, 0.3) is 0 Å². The van der Waals surface area contributed by atoms with Crippen LogP contribution in [0.15, 0.2) is 54.7 Å². The van der Waals surface area contributed by atoms with Crippen molar-refractivity contribution in [3.8, 4) is 0 Å². The van der Waals surface area contributed by atoms with Crippen molar-refractivity contribution in [1.29, 1.82) is 0 Å². The molecule has 1 N–H and O–H groups in total. The summed E-state index contributed by atoms with van der Waals surface area (Å²) < 4.78 is 4.75. The molecule has 5 aromatic rings. The lowest BCUT2D eigenvalue weighted by atomic mass is 10.0. The number of carbonyl (C=O) groups is 1. The van der Waals surface area contributed by atoms with Crippen molar-refractivity contribution in [2.24, 2.45) is 0 Å². The number of hydrogen-bond acceptors (Lipinski definition) is 5. The minimum atomic E-state index is -0.452. The number of rotatable bonds is 3. The van der Waals surface area contributed by atoms with Crippen LogP contribution < -0.4 is 0 Å². The van der Waals surface area contributed by atoms with E-state index >= 15 is 0 Å². The second-order valence-corrected chi connectivity index (χ2v) is 7.11. The van der Waals surface area contributed by atoms with E-state index < -0.39 is 5.97 Å². The van der Waals surface area contributed by atoms with Crippen LogP contribution in [-0.2, 0) is 11.2 Å². The van der Waals surface area contributed by atoms with Crippen molar-refractivity contribution >= 4 is 50.4 Å². The Labute approximate surface area is 170 Å². The molecule has 0 bridgehead atoms. The molecule has 142 valence electrons. The fourth-order valence-electron chi connectivity index (χ4n) is 3.50. The van der Waals surface area contributed by atoms with Crippen molar-refractivity contribution in [3.05, 3.63) is 76.8 Å². The Kier molecular flexibility index (Phi) is 4.14. The van der Waals surface area contributed by atoms with E-state index in [1.807, 2.05) is 12.1 Å². The molecule has 5 rings (SSSR count). The minimum Gasteiger partial charge on any atom is -0.465 e. The van der Waals surface area contributed by atoms with Gasteiger partial charge in [-0.15, -0.1) is 0 Å². The normalized spacial score (nSPS) is 11.4. The van der Waals surface area contributed by atoms with Gasteiger partial charge in [0.05, 0.1) is 23.6 Å². The van der Waals surface area contributed by atoms with Crippen molar-refractivity contribution < 1.29 is 9.53 Å². The van der Waals surface area contributed by atoms with Gasteiger partial charge in [-0.3, -0.25) is 4.98 Å². The lowest BCUT2D eigenvalue weighted by Gasteiger charge is -2.04. The number of esters is 1. The number of halogens is 1. The lowest BCUT2D eigenvalue weighted by molar-refractivity contribution is 0.0600. The molecule has 29 heavy (non-hydrogen) atoms. The van der Waals surface area contributed by atoms with Crippen molar-refractivity contribution in [3.63, 3.8) is 0 Å². The second-order valence-electron chi connectivity index (χ2n) is 6.75. The summed E-state index contributed by atoms with van der Waals surface area (Å²) >= 11 is 6.47. The fourth-order valence-corrected chi connectivity index (χ4v) is 3.78. The highest BCUT2D eigenvalue weighted by Gasteiger charge is 2.16. The molecule has 0 saturated heterocycles. The maximum absolute atomic E-state index is 11.8. The number of aromatic amines is 1. The predicted octanol–water partition coefficient (Wildman–Crippen LogP) is 4.69. The van der Waals surface area contributed by atoms with E-state index in [0.717, 1.165) is 5.56 Å². The van der Waals surface area contributed by atoms with Crippen LogP contribution in [-0.4, -0.2) is 33.0 Å². The average molecular weight is 403 g/mol. The maximum Gasteiger partial charge on any atom is 0.339 e. The first kappa shape index (κ1) is 17.6. The van der Waals surface area contributed by atoms with Crippen LogP contribution in [0.25, 0.3) is 32.8 Å². The third-order valence-electron chi connectivity index (χ3n) is 4.89. The number of methoxy groups -OCH3 is 1. The van der Waals surface area contributed by atoms with Gasteiger partial charge in [-0.25, -0.2) is 14.8 Å². The zero-order valence-electron chi connectivity index (χ0n) is 15.4. The molecule has 0 saturated carbocycles.